The molecule has 0 aliphatic carbocycles. The molecule has 0 fully saturated rings. The third-order valence-electron chi connectivity index (χ3n) is 4.80. The lowest BCUT2D eigenvalue weighted by molar-refractivity contribution is 0.0924. The minimum atomic E-state index is -0.455. The summed E-state index contributed by atoms with van der Waals surface area (Å²) >= 11 is 11.3. The van der Waals surface area contributed by atoms with E-state index >= 15 is 0 Å². The lowest BCUT2D eigenvalue weighted by atomic mass is 10.1. The van der Waals surface area contributed by atoms with Crippen LogP contribution in [0.4, 0.5) is 11.4 Å². The molecule has 1 aliphatic rings. The largest absolute Gasteiger partial charge is 0.495 e. The fraction of sp³-hybridized carbons (Fsp3) is 0.0435. The van der Waals surface area contributed by atoms with Crippen LogP contribution in [0.5, 0.6) is 5.75 Å². The van der Waals surface area contributed by atoms with Crippen LogP contribution < -0.4 is 20.3 Å². The van der Waals surface area contributed by atoms with Crippen LogP contribution in [0, 0.1) is 0 Å². The minimum Gasteiger partial charge on any atom is -0.495 e. The van der Waals surface area contributed by atoms with Crippen LogP contribution in [0.1, 0.15) is 31.1 Å². The third-order valence-corrected chi connectivity index (χ3v) is 5.30. The summed E-state index contributed by atoms with van der Waals surface area (Å²) in [5.74, 6) is -0.789. The lowest BCUT2D eigenvalue weighted by Gasteiger charge is -2.16. The fourth-order valence-electron chi connectivity index (χ4n) is 3.29. The summed E-state index contributed by atoms with van der Waals surface area (Å²) in [7, 11) is 1.48. The Morgan fingerprint density at radius 1 is 0.969 bits per heavy atom. The molecule has 7 nitrogen and oxygen atoms in total. The van der Waals surface area contributed by atoms with Crippen molar-refractivity contribution in [1.82, 2.24) is 5.32 Å². The fourth-order valence-corrected chi connectivity index (χ4v) is 3.76. The lowest BCUT2D eigenvalue weighted by Crippen LogP contribution is -2.34. The van der Waals surface area contributed by atoms with Crippen molar-refractivity contribution in [2.75, 3.05) is 17.3 Å². The monoisotopic (exact) mass is 465 g/mol. The van der Waals surface area contributed by atoms with Crippen molar-refractivity contribution in [2.24, 2.45) is 0 Å². The van der Waals surface area contributed by atoms with Gasteiger partial charge in [0.05, 0.1) is 28.9 Å². The van der Waals surface area contributed by atoms with E-state index in [2.05, 4.69) is 10.6 Å². The molecule has 3 amide bonds. The molecule has 0 saturated heterocycles. The molecule has 9 heteroatoms. The number of thiocarbonyl (C=S) groups is 1. The number of benzene rings is 3. The van der Waals surface area contributed by atoms with Gasteiger partial charge >= 0.3 is 0 Å². The topological polar surface area (TPSA) is 87.7 Å². The standard InChI is InChI=1S/C23H16ClN3O4S/c1-31-19-10-9-13(11-18(19)24)20(28)26-23(32)25-14-5-4-6-15(12-14)27-21(29)16-7-2-3-8-17(16)22(27)30/h2-12H,1H3,(H2,25,26,28,32). The number of nitrogens with zero attached hydrogens (tertiary/aromatic N) is 1. The van der Waals surface area contributed by atoms with Gasteiger partial charge in [0.2, 0.25) is 0 Å². The van der Waals surface area contributed by atoms with E-state index in [1.807, 2.05) is 0 Å². The van der Waals surface area contributed by atoms with Crippen LogP contribution in [-0.4, -0.2) is 29.9 Å². The molecule has 2 N–H and O–H groups in total. The number of carbonyl (C=O) groups is 3. The van der Waals surface area contributed by atoms with E-state index in [1.54, 1.807) is 60.7 Å². The molecule has 0 aromatic heterocycles. The average molecular weight is 466 g/mol. The minimum absolute atomic E-state index is 0.0430. The van der Waals surface area contributed by atoms with Gasteiger partial charge in [0.1, 0.15) is 5.75 Å². The normalized spacial score (nSPS) is 12.4. The Morgan fingerprint density at radius 2 is 1.66 bits per heavy atom. The number of halogens is 1. The summed E-state index contributed by atoms with van der Waals surface area (Å²) < 4.78 is 5.08. The predicted octanol–water partition coefficient (Wildman–Crippen LogP) is 4.28. The Balaban J connectivity index is 1.47. The zero-order valence-corrected chi connectivity index (χ0v) is 18.3. The zero-order chi connectivity index (χ0) is 22.8. The van der Waals surface area contributed by atoms with E-state index in [4.69, 9.17) is 28.6 Å². The molecular weight excluding hydrogens is 450 g/mol. The number of fused-ring (bicyclic) bond motifs is 1. The van der Waals surface area contributed by atoms with Gasteiger partial charge in [-0.05, 0) is 60.7 Å². The first-order valence-corrected chi connectivity index (χ1v) is 10.2. The Hall–Kier alpha value is -3.75. The number of ether oxygens (including phenoxy) is 1. The highest BCUT2D eigenvalue weighted by Crippen LogP contribution is 2.30. The number of hydrogen-bond donors (Lipinski definition) is 2. The maximum absolute atomic E-state index is 12.7. The number of methoxy groups -OCH3 is 1. The number of hydrogen-bond acceptors (Lipinski definition) is 5. The van der Waals surface area contributed by atoms with Crippen molar-refractivity contribution >= 4 is 58.0 Å². The Kier molecular flexibility index (Phi) is 5.89. The van der Waals surface area contributed by atoms with Gasteiger partial charge in [0.15, 0.2) is 5.11 Å². The maximum atomic E-state index is 12.7. The second kappa shape index (κ2) is 8.78. The van der Waals surface area contributed by atoms with Crippen molar-refractivity contribution in [3.8, 4) is 5.75 Å². The van der Waals surface area contributed by atoms with Crippen LogP contribution in [0.25, 0.3) is 0 Å². The van der Waals surface area contributed by atoms with Crippen molar-refractivity contribution in [2.45, 2.75) is 0 Å². The number of nitrogens with one attached hydrogen (secondary N) is 2. The molecule has 3 aromatic rings. The van der Waals surface area contributed by atoms with Crippen LogP contribution in [-0.2, 0) is 0 Å². The van der Waals surface area contributed by atoms with Crippen LogP contribution in [0.3, 0.4) is 0 Å². The van der Waals surface area contributed by atoms with Crippen molar-refractivity contribution in [3.63, 3.8) is 0 Å². The first-order chi connectivity index (χ1) is 15.4. The molecule has 0 spiro atoms. The van der Waals surface area contributed by atoms with Gasteiger partial charge in [-0.2, -0.15) is 0 Å². The van der Waals surface area contributed by atoms with Gasteiger partial charge < -0.3 is 10.1 Å². The van der Waals surface area contributed by atoms with Gasteiger partial charge in [-0.25, -0.2) is 4.90 Å². The Morgan fingerprint density at radius 3 is 2.28 bits per heavy atom. The van der Waals surface area contributed by atoms with E-state index < -0.39 is 17.7 Å². The summed E-state index contributed by atoms with van der Waals surface area (Å²) in [5.41, 5.74) is 1.91. The molecule has 160 valence electrons. The van der Waals surface area contributed by atoms with E-state index in [1.165, 1.54) is 13.2 Å². The highest BCUT2D eigenvalue weighted by molar-refractivity contribution is 7.80. The number of carbonyl (C=O) groups excluding carboxylic acids is 3. The van der Waals surface area contributed by atoms with E-state index in [0.29, 0.717) is 38.8 Å². The molecule has 32 heavy (non-hydrogen) atoms. The number of rotatable bonds is 4. The molecule has 0 unspecified atom stereocenters. The molecule has 4 rings (SSSR count). The van der Waals surface area contributed by atoms with E-state index in [9.17, 15) is 14.4 Å². The van der Waals surface area contributed by atoms with Gasteiger partial charge in [-0.3, -0.25) is 19.7 Å². The van der Waals surface area contributed by atoms with Crippen molar-refractivity contribution in [3.05, 3.63) is 88.4 Å². The molecule has 1 heterocycles. The number of anilines is 2. The van der Waals surface area contributed by atoms with Crippen LogP contribution in [0.2, 0.25) is 5.02 Å². The van der Waals surface area contributed by atoms with Gasteiger partial charge in [0, 0.05) is 11.3 Å². The highest BCUT2D eigenvalue weighted by atomic mass is 35.5. The van der Waals surface area contributed by atoms with Crippen molar-refractivity contribution < 1.29 is 19.1 Å². The first-order valence-electron chi connectivity index (χ1n) is 9.43. The molecule has 0 bridgehead atoms. The zero-order valence-electron chi connectivity index (χ0n) is 16.7. The highest BCUT2D eigenvalue weighted by Gasteiger charge is 2.36. The predicted molar refractivity (Wildman–Crippen MR) is 126 cm³/mol. The summed E-state index contributed by atoms with van der Waals surface area (Å²) in [6.45, 7) is 0. The first kappa shape index (κ1) is 21.5. The van der Waals surface area contributed by atoms with Gasteiger partial charge in [0.25, 0.3) is 17.7 Å². The maximum Gasteiger partial charge on any atom is 0.266 e. The Bertz CT molecular complexity index is 1240. The summed E-state index contributed by atoms with van der Waals surface area (Å²) in [5, 5.41) is 5.79. The van der Waals surface area contributed by atoms with Crippen LogP contribution >= 0.6 is 23.8 Å². The average Bonchev–Trinajstić information content (AvgIpc) is 3.04. The summed E-state index contributed by atoms with van der Waals surface area (Å²) in [6.07, 6.45) is 0. The van der Waals surface area contributed by atoms with Crippen molar-refractivity contribution in [1.29, 1.82) is 0 Å². The van der Waals surface area contributed by atoms with E-state index in [0.717, 1.165) is 4.90 Å². The molecular formula is C23H16ClN3O4S. The SMILES string of the molecule is COc1ccc(C(=O)NC(=S)Nc2cccc(N3C(=O)c4ccccc4C3=O)c2)cc1Cl. The quantitative estimate of drug-likeness (QED) is 0.442. The van der Waals surface area contributed by atoms with Crippen LogP contribution in [0.15, 0.2) is 66.7 Å². The summed E-state index contributed by atoms with van der Waals surface area (Å²) in [4.78, 5) is 39.0. The summed E-state index contributed by atoms with van der Waals surface area (Å²) in [6, 6.07) is 17.9. The van der Waals surface area contributed by atoms with Gasteiger partial charge in [-0.15, -0.1) is 0 Å². The molecule has 3 aromatic carbocycles. The molecule has 0 radical (unpaired) electrons. The third kappa shape index (κ3) is 4.05. The van der Waals surface area contributed by atoms with Gasteiger partial charge in [-0.1, -0.05) is 29.8 Å². The smallest absolute Gasteiger partial charge is 0.266 e. The molecule has 0 saturated carbocycles. The number of amides is 3. The number of imide groups is 1. The second-order valence-corrected chi connectivity index (χ2v) is 7.61. The second-order valence-electron chi connectivity index (χ2n) is 6.80. The Labute approximate surface area is 193 Å². The molecule has 0 atom stereocenters. The van der Waals surface area contributed by atoms with E-state index in [-0.39, 0.29) is 5.11 Å². The molecule has 1 aliphatic heterocycles.